The largest absolute Gasteiger partial charge is 0.299 e. The van der Waals surface area contributed by atoms with Crippen molar-refractivity contribution in [3.63, 3.8) is 0 Å². The predicted molar refractivity (Wildman–Crippen MR) is 170 cm³/mol. The summed E-state index contributed by atoms with van der Waals surface area (Å²) in [6.45, 7) is 16.3. The number of benzene rings is 2. The molecule has 214 valence electrons. The van der Waals surface area contributed by atoms with Crippen LogP contribution in [0.3, 0.4) is 0 Å². The molecule has 2 aromatic rings. The van der Waals surface area contributed by atoms with Crippen LogP contribution in [0.2, 0.25) is 0 Å². The highest BCUT2D eigenvalue weighted by Gasteiger charge is 2.15. The summed E-state index contributed by atoms with van der Waals surface area (Å²) in [6.07, 6.45) is 18.6. The lowest BCUT2D eigenvalue weighted by atomic mass is 9.94. The maximum absolute atomic E-state index is 2.73. The molecule has 0 fully saturated rings. The third kappa shape index (κ3) is 12.9. The molecule has 2 aromatic carbocycles. The van der Waals surface area contributed by atoms with Crippen molar-refractivity contribution in [2.75, 3.05) is 26.2 Å². The molecule has 0 aliphatic rings. The van der Waals surface area contributed by atoms with E-state index in [1.807, 2.05) is 0 Å². The summed E-state index contributed by atoms with van der Waals surface area (Å²) in [6, 6.07) is 18.5. The fourth-order valence-electron chi connectivity index (χ4n) is 5.56. The smallest absolute Gasteiger partial charge is 0.0239 e. The highest BCUT2D eigenvalue weighted by atomic mass is 15.1. The lowest BCUT2D eigenvalue weighted by Gasteiger charge is -2.26. The van der Waals surface area contributed by atoms with Crippen molar-refractivity contribution in [3.8, 4) is 11.1 Å². The molecular formula is C36H60N2. The molecule has 0 aromatic heterocycles. The van der Waals surface area contributed by atoms with Crippen LogP contribution in [0.1, 0.15) is 129 Å². The molecule has 2 rings (SSSR count). The van der Waals surface area contributed by atoms with Crippen LogP contribution in [-0.4, -0.2) is 36.0 Å². The Balaban J connectivity index is 2.21. The van der Waals surface area contributed by atoms with Crippen molar-refractivity contribution in [1.82, 2.24) is 9.80 Å². The van der Waals surface area contributed by atoms with Crippen LogP contribution >= 0.6 is 0 Å². The first kappa shape index (κ1) is 32.6. The second-order valence-electron chi connectivity index (χ2n) is 11.4. The first-order chi connectivity index (χ1) is 18.7. The topological polar surface area (TPSA) is 6.48 Å². The van der Waals surface area contributed by atoms with Gasteiger partial charge in [-0.1, -0.05) is 140 Å². The molecule has 38 heavy (non-hydrogen) atoms. The molecule has 0 unspecified atom stereocenters. The van der Waals surface area contributed by atoms with Crippen molar-refractivity contribution < 1.29 is 0 Å². The summed E-state index contributed by atoms with van der Waals surface area (Å²) < 4.78 is 0. The van der Waals surface area contributed by atoms with Gasteiger partial charge in [0.05, 0.1) is 0 Å². The lowest BCUT2D eigenvalue weighted by Crippen LogP contribution is -2.27. The van der Waals surface area contributed by atoms with Gasteiger partial charge in [0.25, 0.3) is 0 Å². The Morgan fingerprint density at radius 1 is 0.395 bits per heavy atom. The van der Waals surface area contributed by atoms with Gasteiger partial charge in [-0.25, -0.2) is 0 Å². The van der Waals surface area contributed by atoms with E-state index in [9.17, 15) is 0 Å². The van der Waals surface area contributed by atoms with E-state index in [4.69, 9.17) is 0 Å². The summed E-state index contributed by atoms with van der Waals surface area (Å²) in [4.78, 5) is 5.47. The number of hydrogen-bond acceptors (Lipinski definition) is 2. The first-order valence-electron chi connectivity index (χ1n) is 16.3. The molecule has 0 radical (unpaired) electrons. The number of hydrogen-bond donors (Lipinski definition) is 0. The zero-order valence-electron chi connectivity index (χ0n) is 25.7. The van der Waals surface area contributed by atoms with E-state index in [-0.39, 0.29) is 0 Å². The van der Waals surface area contributed by atoms with Crippen molar-refractivity contribution in [1.29, 1.82) is 0 Å². The van der Waals surface area contributed by atoms with Crippen LogP contribution < -0.4 is 0 Å². The predicted octanol–water partition coefficient (Wildman–Crippen LogP) is 10.5. The molecule has 0 aliphatic carbocycles. The normalized spacial score (nSPS) is 11.6. The van der Waals surface area contributed by atoms with Gasteiger partial charge in [0.1, 0.15) is 0 Å². The molecule has 2 heteroatoms. The van der Waals surface area contributed by atoms with E-state index in [2.05, 4.69) is 86.0 Å². The maximum Gasteiger partial charge on any atom is 0.0239 e. The zero-order valence-corrected chi connectivity index (χ0v) is 25.7. The van der Waals surface area contributed by atoms with Gasteiger partial charge in [0, 0.05) is 13.1 Å². The minimum absolute atomic E-state index is 1.07. The highest BCUT2D eigenvalue weighted by molar-refractivity contribution is 5.70. The van der Waals surface area contributed by atoms with Crippen molar-refractivity contribution in [2.45, 2.75) is 131 Å². The van der Waals surface area contributed by atoms with E-state index >= 15 is 0 Å². The standard InChI is InChI=1S/C36H60N2/c1-5-9-13-21-29-37(27-19-11-7-3)31-33-23-15-17-25-35(33)36-26-18-16-24-34(36)32-38(28-20-12-8-4)30-22-14-10-6-2/h15-18,23-26H,5-14,19-22,27-32H2,1-4H3. The average molecular weight is 521 g/mol. The average Bonchev–Trinajstić information content (AvgIpc) is 2.94. The molecule has 0 spiro atoms. The van der Waals surface area contributed by atoms with Gasteiger partial charge in [0.15, 0.2) is 0 Å². The van der Waals surface area contributed by atoms with Gasteiger partial charge in [-0.2, -0.15) is 0 Å². The minimum Gasteiger partial charge on any atom is -0.299 e. The van der Waals surface area contributed by atoms with Crippen LogP contribution in [0.15, 0.2) is 48.5 Å². The summed E-state index contributed by atoms with van der Waals surface area (Å²) in [5.74, 6) is 0. The summed E-state index contributed by atoms with van der Waals surface area (Å²) >= 11 is 0. The Labute approximate surface area is 237 Å². The summed E-state index contributed by atoms with van der Waals surface area (Å²) in [5, 5.41) is 0. The van der Waals surface area contributed by atoms with Gasteiger partial charge < -0.3 is 0 Å². The van der Waals surface area contributed by atoms with E-state index in [1.54, 1.807) is 0 Å². The molecule has 0 atom stereocenters. The lowest BCUT2D eigenvalue weighted by molar-refractivity contribution is 0.252. The number of nitrogens with zero attached hydrogens (tertiary/aromatic N) is 2. The zero-order chi connectivity index (χ0) is 27.3. The molecule has 0 saturated carbocycles. The fourth-order valence-corrected chi connectivity index (χ4v) is 5.56. The Bertz CT molecular complexity index is 760. The quantitative estimate of drug-likeness (QED) is 0.134. The maximum atomic E-state index is 2.73. The Hall–Kier alpha value is -1.64. The fraction of sp³-hybridized carbons (Fsp3) is 0.667. The minimum atomic E-state index is 1.07. The SMILES string of the molecule is CCCCCCN(CCCCC)Cc1ccccc1-c1ccccc1CN(CCCCC)CCCCCC. The van der Waals surface area contributed by atoms with Crippen LogP contribution in [0.5, 0.6) is 0 Å². The molecule has 0 amide bonds. The summed E-state index contributed by atoms with van der Waals surface area (Å²) in [5.41, 5.74) is 5.87. The number of unbranched alkanes of at least 4 members (excludes halogenated alkanes) is 10. The van der Waals surface area contributed by atoms with Crippen LogP contribution in [0.25, 0.3) is 11.1 Å². The van der Waals surface area contributed by atoms with Gasteiger partial charge >= 0.3 is 0 Å². The molecule has 2 nitrogen and oxygen atoms in total. The van der Waals surface area contributed by atoms with Crippen molar-refractivity contribution >= 4 is 0 Å². The third-order valence-electron chi connectivity index (χ3n) is 7.92. The molecule has 0 bridgehead atoms. The van der Waals surface area contributed by atoms with Crippen LogP contribution in [-0.2, 0) is 13.1 Å². The summed E-state index contributed by atoms with van der Waals surface area (Å²) in [7, 11) is 0. The molecule has 0 saturated heterocycles. The van der Waals surface area contributed by atoms with Crippen molar-refractivity contribution in [3.05, 3.63) is 59.7 Å². The van der Waals surface area contributed by atoms with Crippen LogP contribution in [0, 0.1) is 0 Å². The van der Waals surface area contributed by atoms with E-state index in [0.29, 0.717) is 0 Å². The molecule has 0 heterocycles. The Morgan fingerprint density at radius 3 is 1.08 bits per heavy atom. The van der Waals surface area contributed by atoms with Gasteiger partial charge in [-0.05, 0) is 74.1 Å². The Kier molecular flexibility index (Phi) is 18.2. The number of rotatable bonds is 23. The van der Waals surface area contributed by atoms with E-state index < -0.39 is 0 Å². The monoisotopic (exact) mass is 520 g/mol. The van der Waals surface area contributed by atoms with Crippen LogP contribution in [0.4, 0.5) is 0 Å². The van der Waals surface area contributed by atoms with E-state index in [1.165, 1.54) is 138 Å². The van der Waals surface area contributed by atoms with Gasteiger partial charge in [-0.3, -0.25) is 9.80 Å². The Morgan fingerprint density at radius 2 is 0.711 bits per heavy atom. The van der Waals surface area contributed by atoms with E-state index in [0.717, 1.165) is 13.1 Å². The van der Waals surface area contributed by atoms with Gasteiger partial charge in [-0.15, -0.1) is 0 Å². The van der Waals surface area contributed by atoms with Crippen molar-refractivity contribution in [2.24, 2.45) is 0 Å². The molecular weight excluding hydrogens is 460 g/mol. The molecule has 0 aliphatic heterocycles. The third-order valence-corrected chi connectivity index (χ3v) is 7.92. The highest BCUT2D eigenvalue weighted by Crippen LogP contribution is 2.29. The van der Waals surface area contributed by atoms with Gasteiger partial charge in [0.2, 0.25) is 0 Å². The second kappa shape index (κ2) is 21.2. The second-order valence-corrected chi connectivity index (χ2v) is 11.4. The first-order valence-corrected chi connectivity index (χ1v) is 16.3. The molecule has 0 N–H and O–H groups in total.